The van der Waals surface area contributed by atoms with Crippen molar-refractivity contribution in [2.45, 2.75) is 26.2 Å². The van der Waals surface area contributed by atoms with Crippen LogP contribution in [0, 0.1) is 0 Å². The number of furan rings is 1. The highest BCUT2D eigenvalue weighted by Crippen LogP contribution is 2.47. The van der Waals surface area contributed by atoms with Gasteiger partial charge in [0.25, 0.3) is 0 Å². The van der Waals surface area contributed by atoms with Crippen LogP contribution in [0.4, 0.5) is 0 Å². The molecule has 0 aliphatic rings. The number of benzene rings is 8. The molecule has 0 atom stereocenters. The molecule has 0 saturated heterocycles. The summed E-state index contributed by atoms with van der Waals surface area (Å²) in [7, 11) is 0. The van der Waals surface area contributed by atoms with Crippen LogP contribution in [0.5, 0.6) is 0 Å². The molecule has 0 spiro atoms. The second-order valence-corrected chi connectivity index (χ2v) is 13.3. The van der Waals surface area contributed by atoms with Gasteiger partial charge in [0.05, 0.1) is 0 Å². The highest BCUT2D eigenvalue weighted by Gasteiger charge is 2.22. The molecule has 0 saturated carbocycles. The molecule has 45 heavy (non-hydrogen) atoms. The molecule has 214 valence electrons. The maximum atomic E-state index is 6.59. The summed E-state index contributed by atoms with van der Waals surface area (Å²) in [6.07, 6.45) is 0. The van der Waals surface area contributed by atoms with E-state index in [9.17, 15) is 0 Å². The average Bonchev–Trinajstić information content (AvgIpc) is 3.46. The molecule has 1 aromatic heterocycles. The SMILES string of the molecule is CC(C)(C)c1cc2ccc3c(-c4ccc(-c5ccccc5)cc4)cc(-c4cccc5c4oc4ccccc45)c4ccc(c1)c2c34. The van der Waals surface area contributed by atoms with Crippen molar-refractivity contribution in [3.8, 4) is 33.4 Å². The molecular weight excluding hydrogens is 544 g/mol. The molecule has 0 aliphatic heterocycles. The lowest BCUT2D eigenvalue weighted by atomic mass is 9.81. The van der Waals surface area contributed by atoms with Gasteiger partial charge in [-0.1, -0.05) is 148 Å². The van der Waals surface area contributed by atoms with E-state index < -0.39 is 0 Å². The van der Waals surface area contributed by atoms with Gasteiger partial charge in [-0.15, -0.1) is 0 Å². The van der Waals surface area contributed by atoms with Crippen molar-refractivity contribution in [3.63, 3.8) is 0 Å². The Kier molecular flexibility index (Phi) is 5.53. The van der Waals surface area contributed by atoms with Crippen molar-refractivity contribution >= 4 is 54.3 Å². The number of rotatable bonds is 3. The average molecular weight is 577 g/mol. The predicted octanol–water partition coefficient (Wildman–Crippen LogP) is 12.8. The van der Waals surface area contributed by atoms with E-state index >= 15 is 0 Å². The third kappa shape index (κ3) is 4.01. The van der Waals surface area contributed by atoms with E-state index in [1.54, 1.807) is 0 Å². The Hall–Kier alpha value is -5.40. The Bertz CT molecular complexity index is 2520. The maximum Gasteiger partial charge on any atom is 0.143 e. The Labute approximate surface area is 262 Å². The smallest absolute Gasteiger partial charge is 0.143 e. The van der Waals surface area contributed by atoms with Crippen molar-refractivity contribution in [1.29, 1.82) is 0 Å². The van der Waals surface area contributed by atoms with Gasteiger partial charge in [-0.25, -0.2) is 0 Å². The van der Waals surface area contributed by atoms with Gasteiger partial charge in [-0.05, 0) is 83.2 Å². The van der Waals surface area contributed by atoms with Crippen LogP contribution < -0.4 is 0 Å². The van der Waals surface area contributed by atoms with E-state index in [0.717, 1.165) is 27.5 Å². The van der Waals surface area contributed by atoms with E-state index in [1.807, 2.05) is 6.07 Å². The Morgan fingerprint density at radius 1 is 0.422 bits per heavy atom. The van der Waals surface area contributed by atoms with E-state index in [1.165, 1.54) is 65.7 Å². The summed E-state index contributed by atoms with van der Waals surface area (Å²) in [5.74, 6) is 0. The summed E-state index contributed by atoms with van der Waals surface area (Å²) in [4.78, 5) is 0. The van der Waals surface area contributed by atoms with Gasteiger partial charge >= 0.3 is 0 Å². The van der Waals surface area contributed by atoms with Crippen LogP contribution in [-0.2, 0) is 5.41 Å². The number of fused-ring (bicyclic) bond motifs is 3. The van der Waals surface area contributed by atoms with Crippen LogP contribution in [0.1, 0.15) is 26.3 Å². The first-order valence-corrected chi connectivity index (χ1v) is 15.8. The second kappa shape index (κ2) is 9.55. The molecule has 0 unspecified atom stereocenters. The van der Waals surface area contributed by atoms with Crippen LogP contribution in [0.2, 0.25) is 0 Å². The fourth-order valence-electron chi connectivity index (χ4n) is 7.24. The van der Waals surface area contributed by atoms with E-state index in [0.29, 0.717) is 0 Å². The summed E-state index contributed by atoms with van der Waals surface area (Å²) in [6.45, 7) is 6.88. The van der Waals surface area contributed by atoms with Gasteiger partial charge in [0, 0.05) is 16.3 Å². The lowest BCUT2D eigenvalue weighted by Crippen LogP contribution is -2.10. The lowest BCUT2D eigenvalue weighted by molar-refractivity contribution is 0.591. The lowest BCUT2D eigenvalue weighted by Gasteiger charge is -2.23. The molecule has 0 aliphatic carbocycles. The zero-order valence-corrected chi connectivity index (χ0v) is 25.7. The fourth-order valence-corrected chi connectivity index (χ4v) is 7.24. The summed E-state index contributed by atoms with van der Waals surface area (Å²) in [6, 6.07) is 51.0. The zero-order chi connectivity index (χ0) is 30.3. The minimum absolute atomic E-state index is 0.0677. The minimum atomic E-state index is 0.0677. The predicted molar refractivity (Wildman–Crippen MR) is 192 cm³/mol. The van der Waals surface area contributed by atoms with Crippen molar-refractivity contribution in [2.24, 2.45) is 0 Å². The van der Waals surface area contributed by atoms with Gasteiger partial charge in [0.1, 0.15) is 11.2 Å². The quantitative estimate of drug-likeness (QED) is 0.191. The largest absolute Gasteiger partial charge is 0.455 e. The van der Waals surface area contributed by atoms with Crippen LogP contribution >= 0.6 is 0 Å². The third-order valence-corrected chi connectivity index (χ3v) is 9.58. The van der Waals surface area contributed by atoms with Crippen molar-refractivity contribution in [3.05, 3.63) is 145 Å². The van der Waals surface area contributed by atoms with Crippen LogP contribution in [0.25, 0.3) is 87.6 Å². The van der Waals surface area contributed by atoms with Gasteiger partial charge < -0.3 is 4.42 Å². The molecule has 9 rings (SSSR count). The Morgan fingerprint density at radius 3 is 1.78 bits per heavy atom. The maximum absolute atomic E-state index is 6.59. The summed E-state index contributed by atoms with van der Waals surface area (Å²) >= 11 is 0. The topological polar surface area (TPSA) is 13.1 Å². The van der Waals surface area contributed by atoms with Gasteiger partial charge in [-0.3, -0.25) is 0 Å². The summed E-state index contributed by atoms with van der Waals surface area (Å²) in [5, 5.41) is 10.1. The molecule has 8 aromatic carbocycles. The molecule has 1 nitrogen and oxygen atoms in total. The van der Waals surface area contributed by atoms with Gasteiger partial charge in [0.15, 0.2) is 0 Å². The molecule has 1 heteroatoms. The zero-order valence-electron chi connectivity index (χ0n) is 25.7. The van der Waals surface area contributed by atoms with Crippen LogP contribution in [0.15, 0.2) is 144 Å². The summed E-state index contributed by atoms with van der Waals surface area (Å²) in [5.41, 5.74) is 10.5. The van der Waals surface area contributed by atoms with Crippen molar-refractivity contribution in [1.82, 2.24) is 0 Å². The number of hydrogen-bond acceptors (Lipinski definition) is 1. The first-order chi connectivity index (χ1) is 21.9. The molecule has 0 fully saturated rings. The van der Waals surface area contributed by atoms with E-state index in [2.05, 4.69) is 154 Å². The minimum Gasteiger partial charge on any atom is -0.455 e. The number of para-hydroxylation sites is 2. The Morgan fingerprint density at radius 2 is 1.04 bits per heavy atom. The molecule has 9 aromatic rings. The first-order valence-electron chi connectivity index (χ1n) is 15.8. The molecule has 0 radical (unpaired) electrons. The van der Waals surface area contributed by atoms with Gasteiger partial charge in [0.2, 0.25) is 0 Å². The molecule has 0 bridgehead atoms. The van der Waals surface area contributed by atoms with E-state index in [4.69, 9.17) is 4.42 Å². The fraction of sp³-hybridized carbons (Fsp3) is 0.0909. The van der Waals surface area contributed by atoms with Crippen molar-refractivity contribution < 1.29 is 4.42 Å². The second-order valence-electron chi connectivity index (χ2n) is 13.3. The van der Waals surface area contributed by atoms with Crippen LogP contribution in [-0.4, -0.2) is 0 Å². The van der Waals surface area contributed by atoms with Crippen molar-refractivity contribution in [2.75, 3.05) is 0 Å². The summed E-state index contributed by atoms with van der Waals surface area (Å²) < 4.78 is 6.59. The van der Waals surface area contributed by atoms with Gasteiger partial charge in [-0.2, -0.15) is 0 Å². The monoisotopic (exact) mass is 576 g/mol. The number of hydrogen-bond donors (Lipinski definition) is 0. The normalized spacial score (nSPS) is 12.3. The molecule has 0 N–H and O–H groups in total. The third-order valence-electron chi connectivity index (χ3n) is 9.58. The van der Waals surface area contributed by atoms with E-state index in [-0.39, 0.29) is 5.41 Å². The highest BCUT2D eigenvalue weighted by atomic mass is 16.3. The first kappa shape index (κ1) is 26.0. The standard InChI is InChI=1S/C44H32O/c1-44(2,3)32-24-30-20-22-34-38(29-18-16-28(17-19-29)27-10-5-4-6-11-27)26-39(35-23-21-31(25-32)41(30)42(34)35)37-14-9-13-36-33-12-7-8-15-40(33)45-43(36)37/h4-26H,1-3H3. The Balaban J connectivity index is 1.38. The molecule has 1 heterocycles. The molecular formula is C44H32O. The molecule has 0 amide bonds. The highest BCUT2D eigenvalue weighted by molar-refractivity contribution is 6.29. The van der Waals surface area contributed by atoms with Crippen LogP contribution in [0.3, 0.4) is 0 Å².